The molecule has 0 bridgehead atoms. The van der Waals surface area contributed by atoms with Gasteiger partial charge < -0.3 is 10.2 Å². The van der Waals surface area contributed by atoms with Crippen molar-refractivity contribution >= 4 is 0 Å². The molecule has 0 aliphatic carbocycles. The van der Waals surface area contributed by atoms with Crippen LogP contribution in [0, 0.1) is 12.7 Å². The van der Waals surface area contributed by atoms with Crippen LogP contribution in [0.3, 0.4) is 0 Å². The van der Waals surface area contributed by atoms with Crippen LogP contribution >= 0.6 is 0 Å². The first-order chi connectivity index (χ1) is 7.66. The normalized spacial score (nSPS) is 18.9. The molecule has 1 unspecified atom stereocenters. The van der Waals surface area contributed by atoms with Crippen molar-refractivity contribution in [3.8, 4) is 0 Å². The number of halogens is 1. The maximum atomic E-state index is 13.1. The lowest BCUT2D eigenvalue weighted by Crippen LogP contribution is -2.45. The third-order valence-electron chi connectivity index (χ3n) is 2.77. The number of aryl methyl sites for hydroxylation is 1. The SMILES string of the molecule is Cc1ccc(F)cc1CNC1NC=CN1C. The van der Waals surface area contributed by atoms with Crippen molar-refractivity contribution in [3.05, 3.63) is 47.5 Å². The zero-order valence-electron chi connectivity index (χ0n) is 9.50. The van der Waals surface area contributed by atoms with Crippen LogP contribution in [0.15, 0.2) is 30.6 Å². The van der Waals surface area contributed by atoms with Gasteiger partial charge in [0.1, 0.15) is 5.82 Å². The summed E-state index contributed by atoms with van der Waals surface area (Å²) < 4.78 is 13.1. The molecule has 1 aromatic rings. The summed E-state index contributed by atoms with van der Waals surface area (Å²) in [6.07, 6.45) is 3.93. The molecule has 0 radical (unpaired) electrons. The first-order valence-electron chi connectivity index (χ1n) is 5.30. The van der Waals surface area contributed by atoms with Gasteiger partial charge in [-0.25, -0.2) is 4.39 Å². The van der Waals surface area contributed by atoms with Gasteiger partial charge in [0.05, 0.1) is 0 Å². The Balaban J connectivity index is 1.96. The van der Waals surface area contributed by atoms with Gasteiger partial charge in [-0.2, -0.15) is 0 Å². The van der Waals surface area contributed by atoms with Gasteiger partial charge in [-0.05, 0) is 30.2 Å². The van der Waals surface area contributed by atoms with Gasteiger partial charge in [-0.1, -0.05) is 6.07 Å². The molecule has 2 rings (SSSR count). The van der Waals surface area contributed by atoms with Crippen molar-refractivity contribution in [2.45, 2.75) is 19.8 Å². The topological polar surface area (TPSA) is 27.3 Å². The van der Waals surface area contributed by atoms with Gasteiger partial charge in [-0.15, -0.1) is 0 Å². The Morgan fingerprint density at radius 2 is 2.31 bits per heavy atom. The standard InChI is InChI=1S/C12H16FN3/c1-9-3-4-11(13)7-10(9)8-15-12-14-5-6-16(12)2/h3-7,12,14-15H,8H2,1-2H3. The predicted octanol–water partition coefficient (Wildman–Crippen LogP) is 1.51. The van der Waals surface area contributed by atoms with E-state index in [1.165, 1.54) is 6.07 Å². The first kappa shape index (κ1) is 11.0. The van der Waals surface area contributed by atoms with Gasteiger partial charge in [0.15, 0.2) is 6.29 Å². The molecule has 0 saturated carbocycles. The summed E-state index contributed by atoms with van der Waals surface area (Å²) in [6.45, 7) is 2.63. The van der Waals surface area contributed by atoms with E-state index >= 15 is 0 Å². The predicted molar refractivity (Wildman–Crippen MR) is 61.8 cm³/mol. The zero-order chi connectivity index (χ0) is 11.5. The summed E-state index contributed by atoms with van der Waals surface area (Å²) >= 11 is 0. The largest absolute Gasteiger partial charge is 0.358 e. The molecule has 0 spiro atoms. The third kappa shape index (κ3) is 2.33. The Bertz CT molecular complexity index is 403. The molecular formula is C12H16FN3. The lowest BCUT2D eigenvalue weighted by Gasteiger charge is -2.22. The van der Waals surface area contributed by atoms with Crippen LogP contribution in [-0.2, 0) is 6.54 Å². The van der Waals surface area contributed by atoms with Gasteiger partial charge in [0.25, 0.3) is 0 Å². The van der Waals surface area contributed by atoms with E-state index in [4.69, 9.17) is 0 Å². The highest BCUT2D eigenvalue weighted by Crippen LogP contribution is 2.10. The molecule has 2 N–H and O–H groups in total. The third-order valence-corrected chi connectivity index (χ3v) is 2.77. The summed E-state index contributed by atoms with van der Waals surface area (Å²) in [5, 5.41) is 6.45. The smallest absolute Gasteiger partial charge is 0.154 e. The maximum absolute atomic E-state index is 13.1. The van der Waals surface area contributed by atoms with Gasteiger partial charge in [0, 0.05) is 26.0 Å². The van der Waals surface area contributed by atoms with Crippen LogP contribution in [-0.4, -0.2) is 18.2 Å². The minimum atomic E-state index is -0.187. The Kier molecular flexibility index (Phi) is 3.10. The average molecular weight is 221 g/mol. The van der Waals surface area contributed by atoms with Crippen molar-refractivity contribution in [2.75, 3.05) is 7.05 Å². The van der Waals surface area contributed by atoms with Crippen LogP contribution in [0.5, 0.6) is 0 Å². The van der Waals surface area contributed by atoms with Crippen LogP contribution in [0.25, 0.3) is 0 Å². The number of hydrogen-bond acceptors (Lipinski definition) is 3. The van der Waals surface area contributed by atoms with Crippen LogP contribution in [0.4, 0.5) is 4.39 Å². The molecule has 1 heterocycles. The minimum Gasteiger partial charge on any atom is -0.358 e. The maximum Gasteiger partial charge on any atom is 0.154 e. The Hall–Kier alpha value is -1.55. The molecule has 0 fully saturated rings. The summed E-state index contributed by atoms with van der Waals surface area (Å²) in [5.41, 5.74) is 2.09. The second kappa shape index (κ2) is 4.53. The van der Waals surface area contributed by atoms with Crippen molar-refractivity contribution in [3.63, 3.8) is 0 Å². The summed E-state index contributed by atoms with van der Waals surface area (Å²) in [6, 6.07) is 4.86. The molecule has 86 valence electrons. The Labute approximate surface area is 95.0 Å². The van der Waals surface area contributed by atoms with Crippen molar-refractivity contribution < 1.29 is 4.39 Å². The van der Waals surface area contributed by atoms with E-state index < -0.39 is 0 Å². The monoisotopic (exact) mass is 221 g/mol. The van der Waals surface area contributed by atoms with Gasteiger partial charge >= 0.3 is 0 Å². The highest BCUT2D eigenvalue weighted by molar-refractivity contribution is 5.26. The highest BCUT2D eigenvalue weighted by Gasteiger charge is 2.13. The van der Waals surface area contributed by atoms with Crippen LogP contribution < -0.4 is 10.6 Å². The van der Waals surface area contributed by atoms with E-state index in [0.717, 1.165) is 11.1 Å². The molecule has 4 heteroatoms. The second-order valence-corrected chi connectivity index (χ2v) is 4.00. The van der Waals surface area contributed by atoms with Crippen LogP contribution in [0.2, 0.25) is 0 Å². The van der Waals surface area contributed by atoms with Crippen LogP contribution in [0.1, 0.15) is 11.1 Å². The van der Waals surface area contributed by atoms with E-state index in [1.54, 1.807) is 12.1 Å². The molecular weight excluding hydrogens is 205 g/mol. The molecule has 0 saturated heterocycles. The van der Waals surface area contributed by atoms with Gasteiger partial charge in [0.2, 0.25) is 0 Å². The summed E-state index contributed by atoms with van der Waals surface area (Å²) in [4.78, 5) is 2.02. The quantitative estimate of drug-likeness (QED) is 0.810. The molecule has 0 amide bonds. The molecule has 3 nitrogen and oxygen atoms in total. The van der Waals surface area contributed by atoms with Gasteiger partial charge in [-0.3, -0.25) is 5.32 Å². The van der Waals surface area contributed by atoms with E-state index in [9.17, 15) is 4.39 Å². The fourth-order valence-electron chi connectivity index (χ4n) is 1.70. The molecule has 1 atom stereocenters. The van der Waals surface area contributed by atoms with E-state index in [0.29, 0.717) is 6.54 Å². The fourth-order valence-corrected chi connectivity index (χ4v) is 1.70. The van der Waals surface area contributed by atoms with E-state index in [-0.39, 0.29) is 12.1 Å². The average Bonchev–Trinajstić information content (AvgIpc) is 2.66. The van der Waals surface area contributed by atoms with Crippen molar-refractivity contribution in [2.24, 2.45) is 0 Å². The molecule has 16 heavy (non-hydrogen) atoms. The molecule has 0 aromatic heterocycles. The highest BCUT2D eigenvalue weighted by atomic mass is 19.1. The van der Waals surface area contributed by atoms with E-state index in [1.807, 2.05) is 31.3 Å². The summed E-state index contributed by atoms with van der Waals surface area (Å²) in [5.74, 6) is -0.187. The van der Waals surface area contributed by atoms with E-state index in [2.05, 4.69) is 10.6 Å². The van der Waals surface area contributed by atoms with Crippen molar-refractivity contribution in [1.82, 2.24) is 15.5 Å². The Morgan fingerprint density at radius 1 is 1.50 bits per heavy atom. The fraction of sp³-hybridized carbons (Fsp3) is 0.333. The number of nitrogens with zero attached hydrogens (tertiary/aromatic N) is 1. The Morgan fingerprint density at radius 3 is 3.00 bits per heavy atom. The number of nitrogens with one attached hydrogen (secondary N) is 2. The molecule has 1 aromatic carbocycles. The zero-order valence-corrected chi connectivity index (χ0v) is 9.50. The number of hydrogen-bond donors (Lipinski definition) is 2. The summed E-state index contributed by atoms with van der Waals surface area (Å²) in [7, 11) is 1.98. The lowest BCUT2D eigenvalue weighted by atomic mass is 10.1. The van der Waals surface area contributed by atoms with Crippen molar-refractivity contribution in [1.29, 1.82) is 0 Å². The number of rotatable bonds is 3. The minimum absolute atomic E-state index is 0.0858. The molecule has 1 aliphatic rings. The first-order valence-corrected chi connectivity index (χ1v) is 5.30. The lowest BCUT2D eigenvalue weighted by molar-refractivity contribution is 0.273. The second-order valence-electron chi connectivity index (χ2n) is 4.00. The molecule has 1 aliphatic heterocycles. The number of benzene rings is 1.